The van der Waals surface area contributed by atoms with Gasteiger partial charge in [0.2, 0.25) is 21.8 Å². The van der Waals surface area contributed by atoms with Gasteiger partial charge in [0.1, 0.15) is 18.4 Å². The maximum Gasteiger partial charge on any atom is 0.244 e. The van der Waals surface area contributed by atoms with Gasteiger partial charge >= 0.3 is 0 Å². The standard InChI is InChI=1S/C24H32FN3O4S/c1-6-22(24(30)26-17(2)3)27(15-19-10-7-9-18(4)13-19)23(29)16-28(33(5,31)32)21-12-8-11-20(25)14-21/h7-14,17,22H,6,15-16H2,1-5H3,(H,26,30). The van der Waals surface area contributed by atoms with Crippen LogP contribution in [0.25, 0.3) is 0 Å². The Kier molecular flexibility index (Phi) is 8.99. The lowest BCUT2D eigenvalue weighted by Gasteiger charge is -2.33. The number of nitrogens with one attached hydrogen (secondary N) is 1. The van der Waals surface area contributed by atoms with Gasteiger partial charge in [-0.2, -0.15) is 0 Å². The van der Waals surface area contributed by atoms with E-state index in [0.717, 1.165) is 27.8 Å². The van der Waals surface area contributed by atoms with Crippen LogP contribution in [0, 0.1) is 12.7 Å². The van der Waals surface area contributed by atoms with E-state index in [1.807, 2.05) is 45.0 Å². The lowest BCUT2D eigenvalue weighted by Crippen LogP contribution is -2.53. The third kappa shape index (κ3) is 7.56. The summed E-state index contributed by atoms with van der Waals surface area (Å²) in [5.41, 5.74) is 1.86. The number of aryl methyl sites for hydroxylation is 1. The van der Waals surface area contributed by atoms with Crippen LogP contribution in [0.5, 0.6) is 0 Å². The molecular formula is C24H32FN3O4S. The Labute approximate surface area is 195 Å². The SMILES string of the molecule is CCC(C(=O)NC(C)C)N(Cc1cccc(C)c1)C(=O)CN(c1cccc(F)c1)S(C)(=O)=O. The second-order valence-corrected chi connectivity index (χ2v) is 10.3. The van der Waals surface area contributed by atoms with Crippen LogP contribution in [0.2, 0.25) is 0 Å². The maximum atomic E-state index is 13.8. The van der Waals surface area contributed by atoms with Crippen molar-refractivity contribution in [3.63, 3.8) is 0 Å². The van der Waals surface area contributed by atoms with Gasteiger partial charge < -0.3 is 10.2 Å². The van der Waals surface area contributed by atoms with Crippen LogP contribution < -0.4 is 9.62 Å². The molecule has 0 aliphatic heterocycles. The zero-order chi connectivity index (χ0) is 24.8. The summed E-state index contributed by atoms with van der Waals surface area (Å²) in [6.07, 6.45) is 1.30. The van der Waals surface area contributed by atoms with Gasteiger partial charge in [-0.05, 0) is 51.0 Å². The summed E-state index contributed by atoms with van der Waals surface area (Å²) in [5.74, 6) is -1.49. The molecule has 180 valence electrons. The molecule has 2 aromatic rings. The smallest absolute Gasteiger partial charge is 0.244 e. The highest BCUT2D eigenvalue weighted by atomic mass is 32.2. The molecule has 2 aromatic carbocycles. The topological polar surface area (TPSA) is 86.8 Å². The highest BCUT2D eigenvalue weighted by Gasteiger charge is 2.32. The lowest BCUT2D eigenvalue weighted by atomic mass is 10.1. The number of carbonyl (C=O) groups is 2. The van der Waals surface area contributed by atoms with Crippen LogP contribution in [0.15, 0.2) is 48.5 Å². The molecule has 33 heavy (non-hydrogen) atoms. The van der Waals surface area contributed by atoms with Crippen LogP contribution in [-0.2, 0) is 26.2 Å². The van der Waals surface area contributed by atoms with Crippen molar-refractivity contribution in [2.75, 3.05) is 17.1 Å². The van der Waals surface area contributed by atoms with Gasteiger partial charge in [0.05, 0.1) is 11.9 Å². The Morgan fingerprint density at radius 1 is 1.09 bits per heavy atom. The molecule has 0 bridgehead atoms. The number of rotatable bonds is 10. The summed E-state index contributed by atoms with van der Waals surface area (Å²) >= 11 is 0. The molecule has 0 saturated heterocycles. The van der Waals surface area contributed by atoms with Crippen molar-refractivity contribution in [2.24, 2.45) is 0 Å². The van der Waals surface area contributed by atoms with Crippen LogP contribution in [0.3, 0.4) is 0 Å². The summed E-state index contributed by atoms with van der Waals surface area (Å²) < 4.78 is 39.6. The van der Waals surface area contributed by atoms with Crippen LogP contribution in [0.4, 0.5) is 10.1 Å². The fourth-order valence-electron chi connectivity index (χ4n) is 3.55. The molecule has 0 aromatic heterocycles. The average Bonchev–Trinajstić information content (AvgIpc) is 2.70. The first-order valence-electron chi connectivity index (χ1n) is 10.8. The fraction of sp³-hybridized carbons (Fsp3) is 0.417. The molecule has 0 aliphatic carbocycles. The second kappa shape index (κ2) is 11.3. The highest BCUT2D eigenvalue weighted by Crippen LogP contribution is 2.20. The molecule has 7 nitrogen and oxygen atoms in total. The first-order valence-corrected chi connectivity index (χ1v) is 12.7. The third-order valence-electron chi connectivity index (χ3n) is 5.03. The second-order valence-electron chi connectivity index (χ2n) is 8.35. The quantitative estimate of drug-likeness (QED) is 0.569. The van der Waals surface area contributed by atoms with E-state index in [-0.39, 0.29) is 24.2 Å². The number of anilines is 1. The van der Waals surface area contributed by atoms with Crippen molar-refractivity contribution in [3.8, 4) is 0 Å². The van der Waals surface area contributed by atoms with E-state index in [1.54, 1.807) is 6.92 Å². The largest absolute Gasteiger partial charge is 0.352 e. The van der Waals surface area contributed by atoms with Crippen molar-refractivity contribution < 1.29 is 22.4 Å². The molecular weight excluding hydrogens is 445 g/mol. The van der Waals surface area contributed by atoms with E-state index in [9.17, 15) is 22.4 Å². The molecule has 1 unspecified atom stereocenters. The Hall–Kier alpha value is -2.94. The summed E-state index contributed by atoms with van der Waals surface area (Å²) in [5, 5.41) is 2.83. The van der Waals surface area contributed by atoms with Gasteiger partial charge in [-0.1, -0.05) is 42.8 Å². The number of amides is 2. The molecule has 1 atom stereocenters. The molecule has 0 heterocycles. The van der Waals surface area contributed by atoms with Gasteiger partial charge in [-0.3, -0.25) is 13.9 Å². The van der Waals surface area contributed by atoms with Crippen molar-refractivity contribution in [1.29, 1.82) is 0 Å². The summed E-state index contributed by atoms with van der Waals surface area (Å²) in [7, 11) is -3.90. The van der Waals surface area contributed by atoms with Crippen molar-refractivity contribution in [1.82, 2.24) is 10.2 Å². The maximum absolute atomic E-state index is 13.8. The number of sulfonamides is 1. The Bertz CT molecular complexity index is 1090. The van der Waals surface area contributed by atoms with Crippen molar-refractivity contribution >= 4 is 27.5 Å². The summed E-state index contributed by atoms with van der Waals surface area (Å²) in [6, 6.07) is 11.7. The van der Waals surface area contributed by atoms with E-state index < -0.39 is 34.3 Å². The number of hydrogen-bond acceptors (Lipinski definition) is 4. The Morgan fingerprint density at radius 2 is 1.76 bits per heavy atom. The van der Waals surface area contributed by atoms with Crippen LogP contribution >= 0.6 is 0 Å². The van der Waals surface area contributed by atoms with Gasteiger partial charge in [0.15, 0.2) is 0 Å². The van der Waals surface area contributed by atoms with Crippen LogP contribution in [-0.4, -0.2) is 50.0 Å². The van der Waals surface area contributed by atoms with E-state index >= 15 is 0 Å². The monoisotopic (exact) mass is 477 g/mol. The lowest BCUT2D eigenvalue weighted by molar-refractivity contribution is -0.140. The number of hydrogen-bond donors (Lipinski definition) is 1. The van der Waals surface area contributed by atoms with E-state index in [0.29, 0.717) is 6.42 Å². The minimum Gasteiger partial charge on any atom is -0.352 e. The molecule has 2 rings (SSSR count). The molecule has 0 saturated carbocycles. The first-order chi connectivity index (χ1) is 15.4. The number of benzene rings is 2. The molecule has 2 amide bonds. The van der Waals surface area contributed by atoms with E-state index in [1.165, 1.54) is 23.1 Å². The average molecular weight is 478 g/mol. The molecule has 0 spiro atoms. The minimum atomic E-state index is -3.90. The Balaban J connectivity index is 2.44. The minimum absolute atomic E-state index is 0.0426. The van der Waals surface area contributed by atoms with Gasteiger partial charge in [-0.15, -0.1) is 0 Å². The Morgan fingerprint density at radius 3 is 2.30 bits per heavy atom. The van der Waals surface area contributed by atoms with Crippen LogP contribution in [0.1, 0.15) is 38.3 Å². The molecule has 0 aliphatic rings. The fourth-order valence-corrected chi connectivity index (χ4v) is 4.39. The van der Waals surface area contributed by atoms with Gasteiger partial charge in [0, 0.05) is 12.6 Å². The first kappa shape index (κ1) is 26.3. The molecule has 0 radical (unpaired) electrons. The number of nitrogens with zero attached hydrogens (tertiary/aromatic N) is 2. The van der Waals surface area contributed by atoms with Gasteiger partial charge in [-0.25, -0.2) is 12.8 Å². The predicted molar refractivity (Wildman–Crippen MR) is 128 cm³/mol. The normalized spacial score (nSPS) is 12.3. The molecule has 1 N–H and O–H groups in total. The zero-order valence-electron chi connectivity index (χ0n) is 19.7. The van der Waals surface area contributed by atoms with E-state index in [2.05, 4.69) is 5.32 Å². The highest BCUT2D eigenvalue weighted by molar-refractivity contribution is 7.92. The van der Waals surface area contributed by atoms with E-state index in [4.69, 9.17) is 0 Å². The molecule has 9 heteroatoms. The predicted octanol–water partition coefficient (Wildman–Crippen LogP) is 3.23. The van der Waals surface area contributed by atoms with Gasteiger partial charge in [0.25, 0.3) is 0 Å². The zero-order valence-corrected chi connectivity index (χ0v) is 20.5. The summed E-state index contributed by atoms with van der Waals surface area (Å²) in [4.78, 5) is 27.8. The molecule has 0 fully saturated rings. The number of carbonyl (C=O) groups excluding carboxylic acids is 2. The van der Waals surface area contributed by atoms with Crippen molar-refractivity contribution in [2.45, 2.75) is 52.7 Å². The summed E-state index contributed by atoms with van der Waals surface area (Å²) in [6.45, 7) is 6.94. The number of halogens is 1. The third-order valence-corrected chi connectivity index (χ3v) is 6.17. The van der Waals surface area contributed by atoms with Crippen molar-refractivity contribution in [3.05, 3.63) is 65.5 Å².